The van der Waals surface area contributed by atoms with Crippen LogP contribution in [-0.2, 0) is 29.1 Å². The molecule has 1 unspecified atom stereocenters. The Morgan fingerprint density at radius 1 is 0.667 bits per heavy atom. The van der Waals surface area contributed by atoms with Crippen LogP contribution in [0.5, 0.6) is 0 Å². The number of nitrogens with one attached hydrogen (secondary N) is 2. The molecule has 1 atom stereocenters. The van der Waals surface area contributed by atoms with Gasteiger partial charge in [-0.1, -0.05) is 60.7 Å². The molecule has 60 heavy (non-hydrogen) atoms. The lowest BCUT2D eigenvalue weighted by molar-refractivity contribution is 0.136. The third kappa shape index (κ3) is 12.2. The van der Waals surface area contributed by atoms with Crippen LogP contribution in [-0.4, -0.2) is 80.6 Å². The van der Waals surface area contributed by atoms with Gasteiger partial charge in [-0.2, -0.15) is 0 Å². The van der Waals surface area contributed by atoms with Crippen molar-refractivity contribution in [2.24, 2.45) is 0 Å². The third-order valence-electron chi connectivity index (χ3n) is 8.50. The lowest BCUT2D eigenvalue weighted by Crippen LogP contribution is -2.28. The maximum atomic E-state index is 12.0. The number of benzene rings is 2. The normalized spacial score (nSPS) is 11.3. The Morgan fingerprint density at radius 3 is 1.70 bits per heavy atom. The Morgan fingerprint density at radius 2 is 1.15 bits per heavy atom. The molecule has 15 nitrogen and oxygen atoms in total. The first-order valence-corrected chi connectivity index (χ1v) is 22.9. The molecule has 2 amide bonds. The Labute approximate surface area is 367 Å². The quantitative estimate of drug-likeness (QED) is 0.112. The number of fused-ring (bicyclic) bond motifs is 3. The SMILES string of the molecule is CSc1nc(Br)cn2ccnc12.CSc1nc(C(C)NC(=O)OCc2ccccc2)cn2ccnc12.CSc1nc(CCNC(=O)OCc2ccccc2)cn2ccnc12. The van der Waals surface area contributed by atoms with E-state index >= 15 is 0 Å². The van der Waals surface area contributed by atoms with Crippen LogP contribution < -0.4 is 10.6 Å². The molecule has 0 aliphatic heterocycles. The fourth-order valence-corrected chi connectivity index (χ4v) is 7.70. The molecule has 0 radical (unpaired) electrons. The first-order chi connectivity index (χ1) is 29.2. The summed E-state index contributed by atoms with van der Waals surface area (Å²) in [6, 6.07) is 18.9. The van der Waals surface area contributed by atoms with Crippen LogP contribution in [0.4, 0.5) is 9.59 Å². The summed E-state index contributed by atoms with van der Waals surface area (Å²) in [5, 5.41) is 8.20. The van der Waals surface area contributed by atoms with Crippen molar-refractivity contribution in [3.8, 4) is 0 Å². The van der Waals surface area contributed by atoms with Gasteiger partial charge < -0.3 is 33.3 Å². The Bertz CT molecular complexity index is 2630. The molecular weight excluding hydrogens is 887 g/mol. The fraction of sp³-hybridized carbons (Fsp3) is 0.220. The van der Waals surface area contributed by atoms with Gasteiger partial charge in [0, 0.05) is 68.7 Å². The van der Waals surface area contributed by atoms with Gasteiger partial charge in [-0.15, -0.1) is 35.3 Å². The number of carbonyl (C=O) groups is 2. The van der Waals surface area contributed by atoms with Crippen molar-refractivity contribution in [3.05, 3.63) is 144 Å². The van der Waals surface area contributed by atoms with E-state index < -0.39 is 12.2 Å². The van der Waals surface area contributed by atoms with Crippen molar-refractivity contribution in [1.82, 2.24) is 53.7 Å². The number of ether oxygens (including phenoxy) is 2. The molecule has 0 aliphatic carbocycles. The molecular formula is C41H42BrN11O4S3. The van der Waals surface area contributed by atoms with E-state index in [4.69, 9.17) is 9.47 Å². The topological polar surface area (TPSA) is 167 Å². The number of rotatable bonds is 12. The Kier molecular flexibility index (Phi) is 16.2. The minimum Gasteiger partial charge on any atom is -0.445 e. The largest absolute Gasteiger partial charge is 0.445 e. The number of amides is 2. The summed E-state index contributed by atoms with van der Waals surface area (Å²) in [6.45, 7) is 2.85. The maximum Gasteiger partial charge on any atom is 0.407 e. The summed E-state index contributed by atoms with van der Waals surface area (Å²) in [7, 11) is 0. The van der Waals surface area contributed by atoms with Crippen LogP contribution in [0, 0.1) is 0 Å². The van der Waals surface area contributed by atoms with Gasteiger partial charge in [-0.05, 0) is 52.7 Å². The molecule has 6 heterocycles. The number of nitrogens with zero attached hydrogens (tertiary/aromatic N) is 9. The van der Waals surface area contributed by atoms with Gasteiger partial charge >= 0.3 is 12.2 Å². The molecule has 8 rings (SSSR count). The van der Waals surface area contributed by atoms with E-state index in [0.717, 1.165) is 59.1 Å². The Balaban J connectivity index is 0.000000159. The second kappa shape index (κ2) is 22.1. The number of thioether (sulfide) groups is 3. The van der Waals surface area contributed by atoms with E-state index in [1.807, 2.05) is 137 Å². The van der Waals surface area contributed by atoms with Gasteiger partial charge in [0.25, 0.3) is 0 Å². The minimum atomic E-state index is -0.468. The van der Waals surface area contributed by atoms with E-state index in [0.29, 0.717) is 13.0 Å². The second-order valence-corrected chi connectivity index (χ2v) is 15.8. The summed E-state index contributed by atoms with van der Waals surface area (Å²) in [5.74, 6) is 0. The van der Waals surface area contributed by atoms with Crippen LogP contribution in [0.1, 0.15) is 35.5 Å². The molecule has 0 saturated carbocycles. The van der Waals surface area contributed by atoms with Crippen LogP contribution in [0.2, 0.25) is 0 Å². The van der Waals surface area contributed by atoms with Gasteiger partial charge in [0.1, 0.15) is 32.9 Å². The van der Waals surface area contributed by atoms with E-state index in [-0.39, 0.29) is 19.3 Å². The number of hydrogen-bond donors (Lipinski definition) is 2. The van der Waals surface area contributed by atoms with Gasteiger partial charge in [-0.3, -0.25) is 0 Å². The molecule has 0 aliphatic rings. The lowest BCUT2D eigenvalue weighted by atomic mass is 10.2. The fourth-order valence-electron chi connectivity index (χ4n) is 5.57. The zero-order chi connectivity index (χ0) is 42.3. The zero-order valence-electron chi connectivity index (χ0n) is 33.1. The summed E-state index contributed by atoms with van der Waals surface area (Å²) < 4.78 is 17.1. The lowest BCUT2D eigenvalue weighted by Gasteiger charge is -2.15. The van der Waals surface area contributed by atoms with Gasteiger partial charge in [-0.25, -0.2) is 39.5 Å². The zero-order valence-corrected chi connectivity index (χ0v) is 37.2. The first kappa shape index (κ1) is 43.9. The summed E-state index contributed by atoms with van der Waals surface area (Å²) in [5.41, 5.74) is 6.12. The van der Waals surface area contributed by atoms with Crippen molar-refractivity contribution in [3.63, 3.8) is 0 Å². The Hall–Kier alpha value is -5.63. The van der Waals surface area contributed by atoms with Gasteiger partial charge in [0.15, 0.2) is 16.9 Å². The number of alkyl carbamates (subject to hydrolysis) is 2. The summed E-state index contributed by atoms with van der Waals surface area (Å²) in [6.07, 6.45) is 22.2. The molecule has 0 saturated heterocycles. The van der Waals surface area contributed by atoms with E-state index in [2.05, 4.69) is 56.5 Å². The average Bonchev–Trinajstić information content (AvgIpc) is 4.07. The van der Waals surface area contributed by atoms with Crippen LogP contribution >= 0.6 is 51.2 Å². The first-order valence-electron chi connectivity index (χ1n) is 18.4. The molecule has 0 bridgehead atoms. The number of imidazole rings is 3. The number of aromatic nitrogens is 9. The van der Waals surface area contributed by atoms with Crippen molar-refractivity contribution in [1.29, 1.82) is 0 Å². The van der Waals surface area contributed by atoms with E-state index in [9.17, 15) is 9.59 Å². The molecule has 2 N–H and O–H groups in total. The van der Waals surface area contributed by atoms with Crippen molar-refractivity contribution in [2.45, 2.75) is 47.7 Å². The molecule has 2 aromatic carbocycles. The predicted molar refractivity (Wildman–Crippen MR) is 239 cm³/mol. The predicted octanol–water partition coefficient (Wildman–Crippen LogP) is 8.57. The van der Waals surface area contributed by atoms with E-state index in [1.165, 1.54) is 11.8 Å². The van der Waals surface area contributed by atoms with Crippen LogP contribution in [0.3, 0.4) is 0 Å². The van der Waals surface area contributed by atoms with Crippen molar-refractivity contribution < 1.29 is 19.1 Å². The molecule has 310 valence electrons. The van der Waals surface area contributed by atoms with Crippen LogP contribution in [0.15, 0.2) is 136 Å². The summed E-state index contributed by atoms with van der Waals surface area (Å²) >= 11 is 8.01. The van der Waals surface area contributed by atoms with Crippen LogP contribution in [0.25, 0.3) is 16.9 Å². The van der Waals surface area contributed by atoms with Gasteiger partial charge in [0.2, 0.25) is 0 Å². The highest BCUT2D eigenvalue weighted by Crippen LogP contribution is 2.22. The molecule has 0 spiro atoms. The minimum absolute atomic E-state index is 0.240. The highest BCUT2D eigenvalue weighted by atomic mass is 79.9. The number of hydrogen-bond acceptors (Lipinski definition) is 13. The third-order valence-corrected chi connectivity index (χ3v) is 10.9. The second-order valence-electron chi connectivity index (χ2n) is 12.6. The number of carbonyl (C=O) groups excluding carboxylic acids is 2. The molecule has 8 aromatic rings. The molecule has 6 aromatic heterocycles. The highest BCUT2D eigenvalue weighted by Gasteiger charge is 2.15. The van der Waals surface area contributed by atoms with Crippen molar-refractivity contribution >= 4 is 80.3 Å². The highest BCUT2D eigenvalue weighted by molar-refractivity contribution is 9.10. The number of halogens is 1. The standard InChI is InChI=1S/2C17H18N4O2S.C7H6BrN3S/c1-12(19-17(22)23-11-13-6-4-3-5-7-13)14-10-21-9-8-18-15(21)16(20-14)24-2;1-24-16-15-18-9-10-21(15)11-14(20-16)7-8-19-17(22)23-12-13-5-3-2-4-6-13;1-12-7-6-9-2-3-11(6)4-5(8)10-7/h3-10,12H,11H2,1-2H3,(H,19,22);2-6,9-11H,7-8,12H2,1H3,(H,19,22);2-4H,1H3. The van der Waals surface area contributed by atoms with Gasteiger partial charge in [0.05, 0.1) is 17.4 Å². The van der Waals surface area contributed by atoms with E-state index in [1.54, 1.807) is 42.1 Å². The summed E-state index contributed by atoms with van der Waals surface area (Å²) in [4.78, 5) is 49.9. The maximum absolute atomic E-state index is 12.0. The molecule has 19 heteroatoms. The average molecular weight is 929 g/mol. The smallest absolute Gasteiger partial charge is 0.407 e. The monoisotopic (exact) mass is 927 g/mol. The molecule has 0 fully saturated rings. The van der Waals surface area contributed by atoms with Crippen molar-refractivity contribution in [2.75, 3.05) is 25.3 Å².